The summed E-state index contributed by atoms with van der Waals surface area (Å²) in [6.45, 7) is 11.1. The number of ether oxygens (including phenoxy) is 1. The zero-order chi connectivity index (χ0) is 27.2. The van der Waals surface area contributed by atoms with E-state index in [0.717, 1.165) is 18.8 Å². The van der Waals surface area contributed by atoms with E-state index in [1.807, 2.05) is 39.6 Å². The quantitative estimate of drug-likeness (QED) is 0.400. The lowest BCUT2D eigenvalue weighted by Gasteiger charge is -2.39. The summed E-state index contributed by atoms with van der Waals surface area (Å²) in [5.74, 6) is 0.703. The monoisotopic (exact) mass is 542 g/mol. The molecule has 3 heterocycles. The molecule has 0 radical (unpaired) electrons. The Balaban J connectivity index is 1.43. The summed E-state index contributed by atoms with van der Waals surface area (Å²) < 4.78 is 33.7. The standard InChI is InChI=1S/C25H46N6O5S/c1-6-27-23(26-5)28-20-9-17-31(18-10-20)37(34,35)21-11-15-29(16-12-21)22(32)19-7-13-30(14-8-19)24(33)36-25(2,3)4/h19-21H,6-18H2,1-5H3,(H2,26,27,28). The van der Waals surface area contributed by atoms with Crippen LogP contribution in [0.1, 0.15) is 66.2 Å². The molecule has 212 valence electrons. The van der Waals surface area contributed by atoms with Crippen molar-refractivity contribution in [2.45, 2.75) is 83.1 Å². The number of carbonyl (C=O) groups excluding carboxylic acids is 2. The maximum absolute atomic E-state index is 13.3. The maximum Gasteiger partial charge on any atom is 0.410 e. The van der Waals surface area contributed by atoms with Gasteiger partial charge in [-0.15, -0.1) is 0 Å². The summed E-state index contributed by atoms with van der Waals surface area (Å²) in [5, 5.41) is 5.98. The van der Waals surface area contributed by atoms with Crippen LogP contribution < -0.4 is 10.6 Å². The molecule has 3 fully saturated rings. The molecule has 0 aromatic carbocycles. The van der Waals surface area contributed by atoms with Crippen molar-refractivity contribution in [1.29, 1.82) is 0 Å². The highest BCUT2D eigenvalue weighted by atomic mass is 32.2. The number of carbonyl (C=O) groups is 2. The Labute approximate surface area is 222 Å². The van der Waals surface area contributed by atoms with Gasteiger partial charge in [0.25, 0.3) is 0 Å². The van der Waals surface area contributed by atoms with Gasteiger partial charge in [-0.05, 0) is 66.2 Å². The summed E-state index contributed by atoms with van der Waals surface area (Å²) in [4.78, 5) is 33.3. The third-order valence-corrected chi connectivity index (χ3v) is 9.78. The summed E-state index contributed by atoms with van der Waals surface area (Å²) in [6, 6.07) is 0.199. The van der Waals surface area contributed by atoms with Crippen molar-refractivity contribution < 1.29 is 22.7 Å². The average molecular weight is 543 g/mol. The zero-order valence-corrected chi connectivity index (χ0v) is 24.0. The van der Waals surface area contributed by atoms with E-state index in [4.69, 9.17) is 4.74 Å². The number of guanidine groups is 1. The third-order valence-electron chi connectivity index (χ3n) is 7.38. The van der Waals surface area contributed by atoms with Crippen LogP contribution >= 0.6 is 0 Å². The molecule has 0 aromatic rings. The van der Waals surface area contributed by atoms with Gasteiger partial charge < -0.3 is 25.2 Å². The Morgan fingerprint density at radius 3 is 2.00 bits per heavy atom. The second-order valence-electron chi connectivity index (χ2n) is 11.2. The predicted octanol–water partition coefficient (Wildman–Crippen LogP) is 1.60. The van der Waals surface area contributed by atoms with Crippen molar-refractivity contribution in [3.8, 4) is 0 Å². The minimum atomic E-state index is -3.39. The van der Waals surface area contributed by atoms with Gasteiger partial charge in [0, 0.05) is 64.8 Å². The van der Waals surface area contributed by atoms with Gasteiger partial charge in [-0.1, -0.05) is 0 Å². The van der Waals surface area contributed by atoms with E-state index in [9.17, 15) is 18.0 Å². The molecule has 3 aliphatic rings. The molecule has 3 saturated heterocycles. The number of rotatable bonds is 5. The molecule has 0 unspecified atom stereocenters. The van der Waals surface area contributed by atoms with Crippen molar-refractivity contribution >= 4 is 28.0 Å². The molecule has 11 nitrogen and oxygen atoms in total. The van der Waals surface area contributed by atoms with Crippen LogP contribution in [0.4, 0.5) is 4.79 Å². The Hall–Kier alpha value is -2.08. The van der Waals surface area contributed by atoms with E-state index in [1.54, 1.807) is 9.21 Å². The maximum atomic E-state index is 13.3. The molecule has 0 bridgehead atoms. The molecule has 0 saturated carbocycles. The first-order valence-corrected chi connectivity index (χ1v) is 15.2. The van der Waals surface area contributed by atoms with Crippen molar-refractivity contribution in [2.75, 3.05) is 52.9 Å². The predicted molar refractivity (Wildman–Crippen MR) is 144 cm³/mol. The highest BCUT2D eigenvalue weighted by Crippen LogP contribution is 2.27. The highest BCUT2D eigenvalue weighted by molar-refractivity contribution is 7.89. The van der Waals surface area contributed by atoms with Gasteiger partial charge in [-0.3, -0.25) is 9.79 Å². The van der Waals surface area contributed by atoms with E-state index >= 15 is 0 Å². The van der Waals surface area contributed by atoms with Crippen molar-refractivity contribution in [2.24, 2.45) is 10.9 Å². The molecular formula is C25H46N6O5S. The molecule has 0 aromatic heterocycles. The Morgan fingerprint density at radius 1 is 0.919 bits per heavy atom. The van der Waals surface area contributed by atoms with Gasteiger partial charge in [-0.2, -0.15) is 0 Å². The Kier molecular flexibility index (Phi) is 10.1. The molecule has 0 aliphatic carbocycles. The fourth-order valence-electron chi connectivity index (χ4n) is 5.28. The van der Waals surface area contributed by atoms with Crippen molar-refractivity contribution in [1.82, 2.24) is 24.7 Å². The van der Waals surface area contributed by atoms with Gasteiger partial charge in [0.2, 0.25) is 15.9 Å². The molecular weight excluding hydrogens is 496 g/mol. The van der Waals surface area contributed by atoms with Crippen LogP contribution in [0.5, 0.6) is 0 Å². The summed E-state index contributed by atoms with van der Waals surface area (Å²) in [5.41, 5.74) is -0.541. The van der Waals surface area contributed by atoms with Gasteiger partial charge in [0.15, 0.2) is 5.96 Å². The first-order valence-electron chi connectivity index (χ1n) is 13.7. The van der Waals surface area contributed by atoms with E-state index in [1.165, 1.54) is 0 Å². The van der Waals surface area contributed by atoms with Gasteiger partial charge in [-0.25, -0.2) is 17.5 Å². The first-order chi connectivity index (χ1) is 17.4. The molecule has 12 heteroatoms. The van der Waals surface area contributed by atoms with E-state index in [0.29, 0.717) is 71.5 Å². The second-order valence-corrected chi connectivity index (χ2v) is 13.4. The van der Waals surface area contributed by atoms with Crippen molar-refractivity contribution in [3.05, 3.63) is 0 Å². The number of nitrogens with zero attached hydrogens (tertiary/aromatic N) is 4. The fraction of sp³-hybridized carbons (Fsp3) is 0.880. The third kappa shape index (κ3) is 7.95. The Morgan fingerprint density at radius 2 is 1.49 bits per heavy atom. The van der Waals surface area contributed by atoms with Crippen molar-refractivity contribution in [3.63, 3.8) is 0 Å². The first kappa shape index (κ1) is 29.5. The van der Waals surface area contributed by atoms with Crippen LogP contribution in [0.3, 0.4) is 0 Å². The number of hydrogen-bond acceptors (Lipinski definition) is 6. The molecule has 3 rings (SSSR count). The molecule has 2 N–H and O–H groups in total. The Bertz CT molecular complexity index is 910. The summed E-state index contributed by atoms with van der Waals surface area (Å²) >= 11 is 0. The van der Waals surface area contributed by atoms with Gasteiger partial charge >= 0.3 is 6.09 Å². The number of aliphatic imine (C=N–C) groups is 1. The van der Waals surface area contributed by atoms with Crippen LogP contribution in [-0.4, -0.2) is 110 Å². The van der Waals surface area contributed by atoms with Crippen LogP contribution in [0.2, 0.25) is 0 Å². The van der Waals surface area contributed by atoms with E-state index in [2.05, 4.69) is 15.6 Å². The number of sulfonamides is 1. The molecule has 2 amide bonds. The summed E-state index contributed by atoms with van der Waals surface area (Å²) in [6.07, 6.45) is 3.30. The number of amides is 2. The minimum Gasteiger partial charge on any atom is -0.444 e. The number of nitrogens with one attached hydrogen (secondary N) is 2. The van der Waals surface area contributed by atoms with Gasteiger partial charge in [0.1, 0.15) is 5.60 Å². The topological polar surface area (TPSA) is 124 Å². The molecule has 3 aliphatic heterocycles. The van der Waals surface area contributed by atoms with Crippen LogP contribution in [0.15, 0.2) is 4.99 Å². The lowest BCUT2D eigenvalue weighted by atomic mass is 9.94. The lowest BCUT2D eigenvalue weighted by molar-refractivity contribution is -0.138. The smallest absolute Gasteiger partial charge is 0.410 e. The average Bonchev–Trinajstić information content (AvgIpc) is 2.87. The van der Waals surface area contributed by atoms with E-state index < -0.39 is 20.9 Å². The fourth-order valence-corrected chi connectivity index (χ4v) is 7.23. The molecule has 0 atom stereocenters. The van der Waals surface area contributed by atoms with Gasteiger partial charge in [0.05, 0.1) is 5.25 Å². The second kappa shape index (κ2) is 12.6. The number of hydrogen-bond donors (Lipinski definition) is 2. The van der Waals surface area contributed by atoms with Crippen LogP contribution in [0, 0.1) is 5.92 Å². The number of likely N-dealkylation sites (tertiary alicyclic amines) is 2. The van der Waals surface area contributed by atoms with E-state index in [-0.39, 0.29) is 24.0 Å². The lowest BCUT2D eigenvalue weighted by Crippen LogP contribution is -2.53. The minimum absolute atomic E-state index is 0.0839. The van der Waals surface area contributed by atoms with Crippen LogP contribution in [0.25, 0.3) is 0 Å². The zero-order valence-electron chi connectivity index (χ0n) is 23.2. The normalized spacial score (nSPS) is 22.1. The van der Waals surface area contributed by atoms with Crippen LogP contribution in [-0.2, 0) is 19.6 Å². The SMILES string of the molecule is CC/N=C(\NC)NC1CCN(S(=O)(=O)C2CCN(C(=O)C3CCN(C(=O)OC(C)(C)C)CC3)CC2)CC1. The largest absolute Gasteiger partial charge is 0.444 e. The number of piperidine rings is 3. The molecule has 0 spiro atoms. The summed E-state index contributed by atoms with van der Waals surface area (Å²) in [7, 11) is -1.57. The molecule has 37 heavy (non-hydrogen) atoms. The highest BCUT2D eigenvalue weighted by Gasteiger charge is 2.39.